The van der Waals surface area contributed by atoms with Crippen molar-refractivity contribution >= 4 is 11.6 Å². The summed E-state index contributed by atoms with van der Waals surface area (Å²) in [5.74, 6) is 0.808. The van der Waals surface area contributed by atoms with Gasteiger partial charge in [0.05, 0.1) is 17.9 Å². The van der Waals surface area contributed by atoms with Gasteiger partial charge >= 0.3 is 6.18 Å². The van der Waals surface area contributed by atoms with Crippen molar-refractivity contribution in [2.75, 3.05) is 11.9 Å². The van der Waals surface area contributed by atoms with Crippen molar-refractivity contribution in [3.05, 3.63) is 48.0 Å². The molecule has 1 fully saturated rings. The van der Waals surface area contributed by atoms with Crippen LogP contribution in [0.2, 0.25) is 0 Å². The molecule has 27 heavy (non-hydrogen) atoms. The van der Waals surface area contributed by atoms with E-state index >= 15 is 0 Å². The SMILES string of the molecule is CCOc1ccc(Oc2ccc(C(F)(F)F)cc2NC(=O)C2CCC2)cc1. The molecule has 0 aromatic heterocycles. The number of nitrogens with one attached hydrogen (secondary N) is 1. The molecule has 0 aliphatic heterocycles. The van der Waals surface area contributed by atoms with Gasteiger partial charge < -0.3 is 14.8 Å². The molecule has 0 radical (unpaired) electrons. The maximum absolute atomic E-state index is 13.0. The Bertz CT molecular complexity index is 799. The highest BCUT2D eigenvalue weighted by Gasteiger charge is 2.32. The summed E-state index contributed by atoms with van der Waals surface area (Å²) in [6, 6.07) is 9.77. The first-order valence-corrected chi connectivity index (χ1v) is 8.79. The third-order valence-electron chi connectivity index (χ3n) is 4.40. The second-order valence-corrected chi connectivity index (χ2v) is 6.33. The molecule has 0 saturated heterocycles. The van der Waals surface area contributed by atoms with Crippen LogP contribution < -0.4 is 14.8 Å². The zero-order valence-electron chi connectivity index (χ0n) is 14.8. The Morgan fingerprint density at radius 1 is 1.11 bits per heavy atom. The van der Waals surface area contributed by atoms with E-state index in [0.29, 0.717) is 18.1 Å². The Balaban J connectivity index is 1.84. The maximum Gasteiger partial charge on any atom is 0.416 e. The van der Waals surface area contributed by atoms with Crippen LogP contribution in [0, 0.1) is 5.92 Å². The molecule has 0 bridgehead atoms. The predicted molar refractivity (Wildman–Crippen MR) is 95.1 cm³/mol. The summed E-state index contributed by atoms with van der Waals surface area (Å²) in [5.41, 5.74) is -0.832. The number of alkyl halides is 3. The molecule has 1 N–H and O–H groups in total. The summed E-state index contributed by atoms with van der Waals surface area (Å²) in [6.07, 6.45) is -2.05. The molecule has 2 aromatic rings. The third kappa shape index (κ3) is 4.72. The summed E-state index contributed by atoms with van der Waals surface area (Å²) in [7, 11) is 0. The van der Waals surface area contributed by atoms with Crippen molar-refractivity contribution in [3.8, 4) is 17.2 Å². The quantitative estimate of drug-likeness (QED) is 0.707. The van der Waals surface area contributed by atoms with Crippen LogP contribution in [0.1, 0.15) is 31.7 Å². The molecule has 0 unspecified atom stereocenters. The minimum absolute atomic E-state index is 0.00982. The topological polar surface area (TPSA) is 47.6 Å². The van der Waals surface area contributed by atoms with Crippen molar-refractivity contribution in [2.24, 2.45) is 5.92 Å². The highest BCUT2D eigenvalue weighted by molar-refractivity contribution is 5.94. The molecule has 0 atom stereocenters. The lowest BCUT2D eigenvalue weighted by Gasteiger charge is -2.25. The minimum atomic E-state index is -4.51. The molecule has 1 saturated carbocycles. The van der Waals surface area contributed by atoms with E-state index in [0.717, 1.165) is 31.4 Å². The molecule has 144 valence electrons. The van der Waals surface area contributed by atoms with Crippen LogP contribution in [0.4, 0.5) is 18.9 Å². The number of hydrogen-bond acceptors (Lipinski definition) is 3. The average Bonchev–Trinajstić information content (AvgIpc) is 2.56. The summed E-state index contributed by atoms with van der Waals surface area (Å²) in [4.78, 5) is 12.2. The average molecular weight is 379 g/mol. The van der Waals surface area contributed by atoms with Gasteiger partial charge in [-0.1, -0.05) is 6.42 Å². The van der Waals surface area contributed by atoms with E-state index in [1.807, 2.05) is 6.92 Å². The minimum Gasteiger partial charge on any atom is -0.494 e. The first-order chi connectivity index (χ1) is 12.9. The summed E-state index contributed by atoms with van der Waals surface area (Å²) >= 11 is 0. The second-order valence-electron chi connectivity index (χ2n) is 6.33. The number of anilines is 1. The van der Waals surface area contributed by atoms with Gasteiger partial charge in [0.2, 0.25) is 5.91 Å². The van der Waals surface area contributed by atoms with Crippen LogP contribution in [-0.2, 0) is 11.0 Å². The predicted octanol–water partition coefficient (Wildman–Crippen LogP) is 5.64. The van der Waals surface area contributed by atoms with E-state index < -0.39 is 11.7 Å². The van der Waals surface area contributed by atoms with Gasteiger partial charge in [0.25, 0.3) is 0 Å². The maximum atomic E-state index is 13.0. The number of amides is 1. The van der Waals surface area contributed by atoms with Gasteiger partial charge in [0, 0.05) is 5.92 Å². The first kappa shape index (κ1) is 19.1. The molecule has 3 rings (SSSR count). The van der Waals surface area contributed by atoms with E-state index in [2.05, 4.69) is 5.32 Å². The van der Waals surface area contributed by atoms with Gasteiger partial charge in [-0.2, -0.15) is 13.2 Å². The molecule has 4 nitrogen and oxygen atoms in total. The van der Waals surface area contributed by atoms with E-state index in [4.69, 9.17) is 9.47 Å². The molecule has 0 spiro atoms. The van der Waals surface area contributed by atoms with Crippen LogP contribution in [0.15, 0.2) is 42.5 Å². The highest BCUT2D eigenvalue weighted by atomic mass is 19.4. The summed E-state index contributed by atoms with van der Waals surface area (Å²) < 4.78 is 50.2. The highest BCUT2D eigenvalue weighted by Crippen LogP contribution is 2.38. The monoisotopic (exact) mass is 379 g/mol. The smallest absolute Gasteiger partial charge is 0.416 e. The molecule has 1 aliphatic rings. The Labute approximate surface area is 155 Å². The van der Waals surface area contributed by atoms with Crippen LogP contribution in [0.3, 0.4) is 0 Å². The largest absolute Gasteiger partial charge is 0.494 e. The fourth-order valence-corrected chi connectivity index (χ4v) is 2.70. The van der Waals surface area contributed by atoms with Gasteiger partial charge in [-0.15, -0.1) is 0 Å². The lowest BCUT2D eigenvalue weighted by Crippen LogP contribution is -2.28. The van der Waals surface area contributed by atoms with Crippen molar-refractivity contribution in [2.45, 2.75) is 32.4 Å². The van der Waals surface area contributed by atoms with Crippen LogP contribution in [0.25, 0.3) is 0 Å². The van der Waals surface area contributed by atoms with Crippen LogP contribution in [0.5, 0.6) is 17.2 Å². The first-order valence-electron chi connectivity index (χ1n) is 8.79. The van der Waals surface area contributed by atoms with Gasteiger partial charge in [0.15, 0.2) is 5.75 Å². The van der Waals surface area contributed by atoms with Crippen molar-refractivity contribution in [3.63, 3.8) is 0 Å². The van der Waals surface area contributed by atoms with Crippen molar-refractivity contribution in [1.82, 2.24) is 0 Å². The normalized spacial score (nSPS) is 14.4. The van der Waals surface area contributed by atoms with Gasteiger partial charge in [0.1, 0.15) is 11.5 Å². The number of ether oxygens (including phenoxy) is 2. The van der Waals surface area contributed by atoms with Crippen LogP contribution >= 0.6 is 0 Å². The van der Waals surface area contributed by atoms with Crippen molar-refractivity contribution in [1.29, 1.82) is 0 Å². The Hall–Kier alpha value is -2.70. The molecule has 7 heteroatoms. The number of hydrogen-bond donors (Lipinski definition) is 1. The molecular formula is C20H20F3NO3. The molecule has 1 amide bonds. The van der Waals surface area contributed by atoms with E-state index in [1.54, 1.807) is 24.3 Å². The fraction of sp³-hybridized carbons (Fsp3) is 0.350. The Kier molecular flexibility index (Phi) is 5.58. The lowest BCUT2D eigenvalue weighted by atomic mass is 9.85. The number of carbonyl (C=O) groups is 1. The standard InChI is InChI=1S/C20H20F3NO3/c1-2-26-15-7-9-16(10-8-15)27-18-11-6-14(20(21,22)23)12-17(18)24-19(25)13-4-3-5-13/h6-13H,2-5H2,1H3,(H,24,25). The molecular weight excluding hydrogens is 359 g/mol. The fourth-order valence-electron chi connectivity index (χ4n) is 2.70. The number of carbonyl (C=O) groups excluding carboxylic acids is 1. The van der Waals surface area contributed by atoms with E-state index in [9.17, 15) is 18.0 Å². The number of halogens is 3. The lowest BCUT2D eigenvalue weighted by molar-refractivity contribution is -0.137. The van der Waals surface area contributed by atoms with Gasteiger partial charge in [-0.25, -0.2) is 0 Å². The number of benzene rings is 2. The van der Waals surface area contributed by atoms with Crippen molar-refractivity contribution < 1.29 is 27.4 Å². The summed E-state index contributed by atoms with van der Waals surface area (Å²) in [5, 5.41) is 2.59. The van der Waals surface area contributed by atoms with E-state index in [-0.39, 0.29) is 23.3 Å². The second kappa shape index (κ2) is 7.90. The van der Waals surface area contributed by atoms with E-state index in [1.165, 1.54) is 6.07 Å². The summed E-state index contributed by atoms with van der Waals surface area (Å²) in [6.45, 7) is 2.39. The Morgan fingerprint density at radius 2 is 1.78 bits per heavy atom. The molecule has 0 heterocycles. The number of rotatable bonds is 6. The molecule has 1 aliphatic carbocycles. The zero-order valence-corrected chi connectivity index (χ0v) is 14.8. The van der Waals surface area contributed by atoms with Gasteiger partial charge in [-0.05, 0) is 62.2 Å². The van der Waals surface area contributed by atoms with Crippen LogP contribution in [-0.4, -0.2) is 12.5 Å². The third-order valence-corrected chi connectivity index (χ3v) is 4.40. The Morgan fingerprint density at radius 3 is 2.33 bits per heavy atom. The zero-order chi connectivity index (χ0) is 19.4. The molecule has 2 aromatic carbocycles. The van der Waals surface area contributed by atoms with Gasteiger partial charge in [-0.3, -0.25) is 4.79 Å².